The molecule has 0 saturated heterocycles. The molecule has 0 aromatic carbocycles. The Morgan fingerprint density at radius 3 is 2.88 bits per heavy atom. The number of nitrogens with one attached hydrogen (secondary N) is 1. The van der Waals surface area contributed by atoms with Gasteiger partial charge >= 0.3 is 0 Å². The van der Waals surface area contributed by atoms with Gasteiger partial charge in [0.25, 0.3) is 0 Å². The molecule has 6 heteroatoms. The minimum Gasteiger partial charge on any atom is -0.323 e. The number of pyridine rings is 1. The number of nitrogens with two attached hydrogens (primary N) is 1. The number of imidazole rings is 1. The Labute approximate surface area is 98.5 Å². The van der Waals surface area contributed by atoms with Gasteiger partial charge in [0.15, 0.2) is 0 Å². The van der Waals surface area contributed by atoms with Crippen LogP contribution < -0.4 is 11.1 Å². The molecule has 88 valence electrons. The highest BCUT2D eigenvalue weighted by Gasteiger charge is 2.07. The molecule has 1 amide bonds. The Morgan fingerprint density at radius 2 is 2.35 bits per heavy atom. The quantitative estimate of drug-likeness (QED) is 0.807. The Kier molecular flexibility index (Phi) is 3.15. The van der Waals surface area contributed by atoms with Gasteiger partial charge in [-0.05, 0) is 19.1 Å². The zero-order chi connectivity index (χ0) is 12.3. The first-order chi connectivity index (χ1) is 8.16. The summed E-state index contributed by atoms with van der Waals surface area (Å²) in [6.07, 6.45) is 6.70. The van der Waals surface area contributed by atoms with E-state index in [1.807, 2.05) is 0 Å². The zero-order valence-electron chi connectivity index (χ0n) is 9.37. The number of aromatic nitrogens is 3. The average Bonchev–Trinajstić information content (AvgIpc) is 2.83. The molecule has 2 heterocycles. The molecule has 3 N–H and O–H groups in total. The highest BCUT2D eigenvalue weighted by atomic mass is 16.2. The van der Waals surface area contributed by atoms with Crippen LogP contribution in [0.4, 0.5) is 5.69 Å². The summed E-state index contributed by atoms with van der Waals surface area (Å²) in [5, 5.41) is 2.66. The summed E-state index contributed by atoms with van der Waals surface area (Å²) in [6, 6.07) is 3.02. The van der Waals surface area contributed by atoms with Gasteiger partial charge in [0.2, 0.25) is 5.91 Å². The number of anilines is 1. The van der Waals surface area contributed by atoms with Crippen molar-refractivity contribution < 1.29 is 4.79 Å². The first-order valence-electron chi connectivity index (χ1n) is 5.17. The van der Waals surface area contributed by atoms with Crippen LogP contribution in [0, 0.1) is 0 Å². The molecule has 0 fully saturated rings. The lowest BCUT2D eigenvalue weighted by molar-refractivity contribution is -0.117. The second-order valence-corrected chi connectivity index (χ2v) is 3.65. The van der Waals surface area contributed by atoms with E-state index in [2.05, 4.69) is 15.3 Å². The maximum atomic E-state index is 11.3. The largest absolute Gasteiger partial charge is 0.323 e. The van der Waals surface area contributed by atoms with E-state index >= 15 is 0 Å². The predicted octanol–water partition coefficient (Wildman–Crippen LogP) is 0.553. The van der Waals surface area contributed by atoms with E-state index in [-0.39, 0.29) is 5.91 Å². The highest BCUT2D eigenvalue weighted by Crippen LogP contribution is 2.09. The van der Waals surface area contributed by atoms with Crippen LogP contribution in [0.5, 0.6) is 0 Å². The monoisotopic (exact) mass is 231 g/mol. The second kappa shape index (κ2) is 4.75. The van der Waals surface area contributed by atoms with Crippen molar-refractivity contribution in [3.8, 4) is 5.82 Å². The third-order valence-electron chi connectivity index (χ3n) is 2.20. The third kappa shape index (κ3) is 2.67. The van der Waals surface area contributed by atoms with Gasteiger partial charge in [0.05, 0.1) is 17.9 Å². The molecule has 0 aliphatic heterocycles. The fourth-order valence-corrected chi connectivity index (χ4v) is 1.26. The van der Waals surface area contributed by atoms with E-state index in [0.717, 1.165) is 5.82 Å². The molecule has 2 aromatic heterocycles. The molecule has 17 heavy (non-hydrogen) atoms. The predicted molar refractivity (Wildman–Crippen MR) is 63.6 cm³/mol. The van der Waals surface area contributed by atoms with Gasteiger partial charge in [0.1, 0.15) is 12.1 Å². The maximum absolute atomic E-state index is 11.3. The van der Waals surface area contributed by atoms with Crippen molar-refractivity contribution in [2.75, 3.05) is 5.32 Å². The SMILES string of the molecule is C[C@H](N)C(=O)Nc1ccc(-n2ccnc2)nc1. The highest BCUT2D eigenvalue weighted by molar-refractivity contribution is 5.94. The number of carbonyl (C=O) groups excluding carboxylic acids is 1. The lowest BCUT2D eigenvalue weighted by Gasteiger charge is -2.08. The van der Waals surface area contributed by atoms with Gasteiger partial charge in [-0.15, -0.1) is 0 Å². The van der Waals surface area contributed by atoms with Crippen LogP contribution >= 0.6 is 0 Å². The van der Waals surface area contributed by atoms with Crippen molar-refractivity contribution in [3.05, 3.63) is 37.1 Å². The fourth-order valence-electron chi connectivity index (χ4n) is 1.26. The first kappa shape index (κ1) is 11.3. The van der Waals surface area contributed by atoms with E-state index in [1.54, 1.807) is 48.5 Å². The molecule has 0 unspecified atom stereocenters. The van der Waals surface area contributed by atoms with Gasteiger partial charge in [0, 0.05) is 12.4 Å². The summed E-state index contributed by atoms with van der Waals surface area (Å²) in [4.78, 5) is 19.5. The summed E-state index contributed by atoms with van der Waals surface area (Å²) in [5.74, 6) is 0.503. The Morgan fingerprint density at radius 1 is 1.53 bits per heavy atom. The number of rotatable bonds is 3. The van der Waals surface area contributed by atoms with Crippen molar-refractivity contribution in [2.45, 2.75) is 13.0 Å². The number of nitrogens with zero attached hydrogens (tertiary/aromatic N) is 3. The van der Waals surface area contributed by atoms with Crippen molar-refractivity contribution in [2.24, 2.45) is 5.73 Å². The van der Waals surface area contributed by atoms with Gasteiger partial charge in [-0.1, -0.05) is 0 Å². The number of hydrogen-bond donors (Lipinski definition) is 2. The molecule has 0 bridgehead atoms. The number of amides is 1. The van der Waals surface area contributed by atoms with Gasteiger partial charge in [-0.2, -0.15) is 0 Å². The van der Waals surface area contributed by atoms with Crippen LogP contribution in [0.3, 0.4) is 0 Å². The van der Waals surface area contributed by atoms with Gasteiger partial charge in [-0.3, -0.25) is 9.36 Å². The van der Waals surface area contributed by atoms with Crippen molar-refractivity contribution in [1.82, 2.24) is 14.5 Å². The molecule has 0 saturated carbocycles. The molecule has 2 rings (SSSR count). The molecule has 2 aromatic rings. The van der Waals surface area contributed by atoms with Crippen LogP contribution in [-0.4, -0.2) is 26.5 Å². The van der Waals surface area contributed by atoms with Crippen LogP contribution in [0.1, 0.15) is 6.92 Å². The summed E-state index contributed by atoms with van der Waals surface area (Å²) in [7, 11) is 0. The topological polar surface area (TPSA) is 85.8 Å². The molecule has 0 radical (unpaired) electrons. The Bertz CT molecular complexity index is 489. The summed E-state index contributed by atoms with van der Waals surface area (Å²) >= 11 is 0. The van der Waals surface area contributed by atoms with Crippen molar-refractivity contribution >= 4 is 11.6 Å². The fraction of sp³-hybridized carbons (Fsp3) is 0.182. The molecule has 6 nitrogen and oxygen atoms in total. The van der Waals surface area contributed by atoms with Gasteiger partial charge in [-0.25, -0.2) is 9.97 Å². The second-order valence-electron chi connectivity index (χ2n) is 3.65. The van der Waals surface area contributed by atoms with Crippen molar-refractivity contribution in [1.29, 1.82) is 0 Å². The summed E-state index contributed by atoms with van der Waals surface area (Å²) in [5.41, 5.74) is 6.07. The Balaban J connectivity index is 2.11. The third-order valence-corrected chi connectivity index (χ3v) is 2.20. The maximum Gasteiger partial charge on any atom is 0.241 e. The van der Waals surface area contributed by atoms with Crippen molar-refractivity contribution in [3.63, 3.8) is 0 Å². The van der Waals surface area contributed by atoms with E-state index < -0.39 is 6.04 Å². The van der Waals surface area contributed by atoms with Gasteiger partial charge < -0.3 is 11.1 Å². The smallest absolute Gasteiger partial charge is 0.241 e. The Hall–Kier alpha value is -2.21. The number of hydrogen-bond acceptors (Lipinski definition) is 4. The standard InChI is InChI=1S/C11H13N5O/c1-8(12)11(17)15-9-2-3-10(14-6-9)16-5-4-13-7-16/h2-8H,12H2,1H3,(H,15,17)/t8-/m0/s1. The molecular formula is C11H13N5O. The molecule has 1 atom stereocenters. The zero-order valence-corrected chi connectivity index (χ0v) is 9.37. The minimum absolute atomic E-state index is 0.234. The number of carbonyl (C=O) groups is 1. The first-order valence-corrected chi connectivity index (χ1v) is 5.17. The van der Waals surface area contributed by atoms with E-state index in [4.69, 9.17) is 5.73 Å². The minimum atomic E-state index is -0.539. The van der Waals surface area contributed by atoms with Crippen LogP contribution in [0.15, 0.2) is 37.1 Å². The molecular weight excluding hydrogens is 218 g/mol. The average molecular weight is 231 g/mol. The van der Waals surface area contributed by atoms with Crippen LogP contribution in [0.2, 0.25) is 0 Å². The van der Waals surface area contributed by atoms with Crippen LogP contribution in [-0.2, 0) is 4.79 Å². The molecule has 0 aliphatic carbocycles. The molecule has 0 aliphatic rings. The summed E-state index contributed by atoms with van der Waals surface area (Å²) < 4.78 is 1.77. The van der Waals surface area contributed by atoms with E-state index in [9.17, 15) is 4.79 Å². The van der Waals surface area contributed by atoms with Crippen LogP contribution in [0.25, 0.3) is 5.82 Å². The summed E-state index contributed by atoms with van der Waals surface area (Å²) in [6.45, 7) is 1.63. The van der Waals surface area contributed by atoms with E-state index in [0.29, 0.717) is 5.69 Å². The lowest BCUT2D eigenvalue weighted by atomic mass is 10.3. The normalized spacial score (nSPS) is 12.1. The van der Waals surface area contributed by atoms with E-state index in [1.165, 1.54) is 0 Å². The molecule has 0 spiro atoms. The lowest BCUT2D eigenvalue weighted by Crippen LogP contribution is -2.32.